The molecule has 1 unspecified atom stereocenters. The van der Waals surface area contributed by atoms with E-state index in [1.165, 1.54) is 12.2 Å². The number of carboxylic acids is 2. The Morgan fingerprint density at radius 2 is 1.93 bits per heavy atom. The molecule has 0 amide bonds. The summed E-state index contributed by atoms with van der Waals surface area (Å²) in [6.07, 6.45) is 4.35. The number of rotatable bonds is 2. The number of carbonyl (C=O) groups is 2. The molecule has 1 aliphatic carbocycles. The molecule has 0 aromatic heterocycles. The summed E-state index contributed by atoms with van der Waals surface area (Å²) in [7, 11) is 0. The van der Waals surface area contributed by atoms with Crippen LogP contribution in [0, 0.1) is 11.3 Å². The molecule has 0 fully saturated rings. The van der Waals surface area contributed by atoms with E-state index >= 15 is 0 Å². The van der Waals surface area contributed by atoms with Crippen molar-refractivity contribution in [1.29, 1.82) is 0 Å². The molecular weight excluding hydrogens is 184 g/mol. The molecule has 0 aromatic carbocycles. The molecule has 0 aliphatic heterocycles. The quantitative estimate of drug-likeness (QED) is 0.697. The van der Waals surface area contributed by atoms with Crippen LogP contribution in [0.2, 0.25) is 0 Å². The Balaban J connectivity index is 3.07. The Morgan fingerprint density at radius 3 is 2.36 bits per heavy atom. The van der Waals surface area contributed by atoms with Gasteiger partial charge in [-0.1, -0.05) is 32.1 Å². The predicted molar refractivity (Wildman–Crippen MR) is 49.8 cm³/mol. The monoisotopic (exact) mass is 196 g/mol. The van der Waals surface area contributed by atoms with Crippen molar-refractivity contribution < 1.29 is 19.8 Å². The minimum absolute atomic E-state index is 0.0386. The van der Waals surface area contributed by atoms with E-state index in [4.69, 9.17) is 10.2 Å². The first kappa shape index (κ1) is 10.5. The van der Waals surface area contributed by atoms with Crippen molar-refractivity contribution in [3.05, 3.63) is 23.8 Å². The molecular formula is C10H12O4. The van der Waals surface area contributed by atoms with Crippen molar-refractivity contribution in [2.45, 2.75) is 13.8 Å². The summed E-state index contributed by atoms with van der Waals surface area (Å²) in [6.45, 7) is 3.52. The summed E-state index contributed by atoms with van der Waals surface area (Å²) in [6, 6.07) is 0. The molecule has 0 bridgehead atoms. The summed E-state index contributed by atoms with van der Waals surface area (Å²) in [5, 5.41) is 17.6. The van der Waals surface area contributed by atoms with Crippen LogP contribution in [0.3, 0.4) is 0 Å². The third-order valence-electron chi connectivity index (χ3n) is 2.35. The van der Waals surface area contributed by atoms with Crippen LogP contribution in [-0.4, -0.2) is 22.2 Å². The summed E-state index contributed by atoms with van der Waals surface area (Å²) in [4.78, 5) is 21.5. The van der Waals surface area contributed by atoms with Gasteiger partial charge in [-0.2, -0.15) is 0 Å². The zero-order valence-electron chi connectivity index (χ0n) is 8.02. The van der Waals surface area contributed by atoms with E-state index in [1.807, 2.05) is 0 Å². The molecule has 0 radical (unpaired) electrons. The lowest BCUT2D eigenvalue weighted by Gasteiger charge is -2.28. The number of allylic oxidation sites excluding steroid dienone is 1. The second-order valence-corrected chi connectivity index (χ2v) is 3.90. The number of hydrogen-bond acceptors (Lipinski definition) is 2. The van der Waals surface area contributed by atoms with Crippen LogP contribution in [0.4, 0.5) is 0 Å². The Hall–Kier alpha value is -1.58. The van der Waals surface area contributed by atoms with Gasteiger partial charge < -0.3 is 10.2 Å². The first-order valence-corrected chi connectivity index (χ1v) is 4.22. The Bertz CT molecular complexity index is 336. The molecule has 14 heavy (non-hydrogen) atoms. The van der Waals surface area contributed by atoms with Gasteiger partial charge in [0.2, 0.25) is 0 Å². The molecule has 1 atom stereocenters. The maximum atomic E-state index is 10.9. The van der Waals surface area contributed by atoms with Crippen molar-refractivity contribution in [3.8, 4) is 0 Å². The normalized spacial score (nSPS) is 24.1. The first-order chi connectivity index (χ1) is 6.34. The number of hydrogen-bond donors (Lipinski definition) is 2. The lowest BCUT2D eigenvalue weighted by molar-refractivity contribution is -0.142. The smallest absolute Gasteiger partial charge is 0.335 e. The second-order valence-electron chi connectivity index (χ2n) is 3.90. The van der Waals surface area contributed by atoms with E-state index < -0.39 is 23.3 Å². The number of carboxylic acid groups (broad SMARTS) is 2. The highest BCUT2D eigenvalue weighted by molar-refractivity contribution is 5.91. The van der Waals surface area contributed by atoms with Gasteiger partial charge in [0.25, 0.3) is 0 Å². The highest BCUT2D eigenvalue weighted by atomic mass is 16.4. The lowest BCUT2D eigenvalue weighted by Crippen LogP contribution is -2.30. The van der Waals surface area contributed by atoms with Crippen LogP contribution >= 0.6 is 0 Å². The SMILES string of the molecule is CC1(C)C=CC(C(=O)O)=CC1C(=O)O. The van der Waals surface area contributed by atoms with Gasteiger partial charge in [0.1, 0.15) is 0 Å². The van der Waals surface area contributed by atoms with Crippen LogP contribution in [0.15, 0.2) is 23.8 Å². The van der Waals surface area contributed by atoms with Crippen molar-refractivity contribution in [2.75, 3.05) is 0 Å². The van der Waals surface area contributed by atoms with Gasteiger partial charge >= 0.3 is 11.9 Å². The van der Waals surface area contributed by atoms with Gasteiger partial charge in [0, 0.05) is 0 Å². The third kappa shape index (κ3) is 1.84. The maximum absolute atomic E-state index is 10.9. The van der Waals surface area contributed by atoms with E-state index in [0.29, 0.717) is 0 Å². The van der Waals surface area contributed by atoms with Crippen molar-refractivity contribution >= 4 is 11.9 Å². The van der Waals surface area contributed by atoms with Crippen LogP contribution < -0.4 is 0 Å². The van der Waals surface area contributed by atoms with Gasteiger partial charge in [-0.15, -0.1) is 0 Å². The van der Waals surface area contributed by atoms with Gasteiger partial charge in [0.15, 0.2) is 0 Å². The maximum Gasteiger partial charge on any atom is 0.335 e. The molecule has 76 valence electrons. The molecule has 1 rings (SSSR count). The molecule has 0 aromatic rings. The molecule has 0 heterocycles. The Kier molecular flexibility index (Phi) is 2.47. The highest BCUT2D eigenvalue weighted by Gasteiger charge is 2.34. The zero-order chi connectivity index (χ0) is 10.9. The molecule has 0 spiro atoms. The second kappa shape index (κ2) is 3.29. The summed E-state index contributed by atoms with van der Waals surface area (Å²) in [5.74, 6) is -2.88. The lowest BCUT2D eigenvalue weighted by atomic mass is 9.74. The zero-order valence-corrected chi connectivity index (χ0v) is 8.02. The fourth-order valence-electron chi connectivity index (χ4n) is 1.39. The van der Waals surface area contributed by atoms with Gasteiger partial charge in [0.05, 0.1) is 11.5 Å². The third-order valence-corrected chi connectivity index (χ3v) is 2.35. The van der Waals surface area contributed by atoms with Crippen molar-refractivity contribution in [1.82, 2.24) is 0 Å². The fourth-order valence-corrected chi connectivity index (χ4v) is 1.39. The minimum Gasteiger partial charge on any atom is -0.481 e. The topological polar surface area (TPSA) is 74.6 Å². The Morgan fingerprint density at radius 1 is 1.36 bits per heavy atom. The average molecular weight is 196 g/mol. The average Bonchev–Trinajstić information content (AvgIpc) is 2.02. The standard InChI is InChI=1S/C10H12O4/c1-10(2)4-3-6(8(11)12)5-7(10)9(13)14/h3-5,7H,1-2H3,(H,11,12)(H,13,14). The van der Waals surface area contributed by atoms with Crippen molar-refractivity contribution in [3.63, 3.8) is 0 Å². The summed E-state index contributed by atoms with van der Waals surface area (Å²) in [5.41, 5.74) is -0.498. The molecule has 0 saturated carbocycles. The van der Waals surface area contributed by atoms with Gasteiger partial charge in [-0.3, -0.25) is 4.79 Å². The first-order valence-electron chi connectivity index (χ1n) is 4.22. The van der Waals surface area contributed by atoms with Crippen LogP contribution in [0.25, 0.3) is 0 Å². The molecule has 0 saturated heterocycles. The van der Waals surface area contributed by atoms with E-state index in [9.17, 15) is 9.59 Å². The van der Waals surface area contributed by atoms with E-state index in [2.05, 4.69) is 0 Å². The van der Waals surface area contributed by atoms with E-state index in [0.717, 1.165) is 0 Å². The Labute approximate surface area is 81.6 Å². The van der Waals surface area contributed by atoms with Gasteiger partial charge in [-0.05, 0) is 5.41 Å². The molecule has 1 aliphatic rings. The largest absolute Gasteiger partial charge is 0.481 e. The van der Waals surface area contributed by atoms with E-state index in [1.54, 1.807) is 19.9 Å². The molecule has 4 heteroatoms. The molecule has 2 N–H and O–H groups in total. The number of aliphatic carboxylic acids is 2. The molecule has 4 nitrogen and oxygen atoms in total. The van der Waals surface area contributed by atoms with Crippen molar-refractivity contribution in [2.24, 2.45) is 11.3 Å². The summed E-state index contributed by atoms with van der Waals surface area (Å²) >= 11 is 0. The minimum atomic E-state index is -1.09. The van der Waals surface area contributed by atoms with Crippen LogP contribution in [0.5, 0.6) is 0 Å². The summed E-state index contributed by atoms with van der Waals surface area (Å²) < 4.78 is 0. The van der Waals surface area contributed by atoms with Crippen LogP contribution in [0.1, 0.15) is 13.8 Å². The predicted octanol–water partition coefficient (Wildman–Crippen LogP) is 1.29. The van der Waals surface area contributed by atoms with Gasteiger partial charge in [-0.25, -0.2) is 4.79 Å². The fraction of sp³-hybridized carbons (Fsp3) is 0.400. The highest BCUT2D eigenvalue weighted by Crippen LogP contribution is 2.34. The van der Waals surface area contributed by atoms with Crippen LogP contribution in [-0.2, 0) is 9.59 Å². The van der Waals surface area contributed by atoms with E-state index in [-0.39, 0.29) is 5.57 Å².